The number of aromatic nitrogens is 2. The van der Waals surface area contributed by atoms with Gasteiger partial charge in [0.15, 0.2) is 5.75 Å². The van der Waals surface area contributed by atoms with Crippen molar-refractivity contribution in [1.82, 2.24) is 9.97 Å². The van der Waals surface area contributed by atoms with Crippen molar-refractivity contribution >= 4 is 0 Å². The van der Waals surface area contributed by atoms with Gasteiger partial charge in [0.2, 0.25) is 0 Å². The van der Waals surface area contributed by atoms with Crippen molar-refractivity contribution < 1.29 is 14.2 Å². The van der Waals surface area contributed by atoms with E-state index in [1.165, 1.54) is 0 Å². The summed E-state index contributed by atoms with van der Waals surface area (Å²) in [6, 6.07) is 0. The molecule has 132 valence electrons. The average molecular weight is 324 g/mol. The van der Waals surface area contributed by atoms with Crippen LogP contribution in [-0.2, 0) is 20.3 Å². The Bertz CT molecular complexity index is 467. The maximum Gasteiger partial charge on any atom is 0.163 e. The minimum absolute atomic E-state index is 0.111. The Labute approximate surface area is 140 Å². The molecular formula is C18H32N2O3. The van der Waals surface area contributed by atoms with Crippen LogP contribution in [0.15, 0.2) is 0 Å². The van der Waals surface area contributed by atoms with Crippen LogP contribution < -0.4 is 4.74 Å². The Balaban J connectivity index is 3.01. The first-order valence-corrected chi connectivity index (χ1v) is 8.16. The van der Waals surface area contributed by atoms with E-state index in [4.69, 9.17) is 14.2 Å². The molecule has 0 N–H and O–H groups in total. The van der Waals surface area contributed by atoms with E-state index in [9.17, 15) is 0 Å². The van der Waals surface area contributed by atoms with Crippen LogP contribution in [-0.4, -0.2) is 43.5 Å². The van der Waals surface area contributed by atoms with Gasteiger partial charge in [-0.25, -0.2) is 9.97 Å². The zero-order chi connectivity index (χ0) is 17.7. The summed E-state index contributed by atoms with van der Waals surface area (Å²) < 4.78 is 16.5. The molecule has 1 rings (SSSR count). The molecule has 0 fully saturated rings. The topological polar surface area (TPSA) is 53.5 Å². The molecule has 1 heterocycles. The van der Waals surface area contributed by atoms with Gasteiger partial charge in [0.25, 0.3) is 0 Å². The Hall–Kier alpha value is -1.20. The van der Waals surface area contributed by atoms with E-state index in [0.717, 1.165) is 23.0 Å². The molecule has 1 aromatic rings. The number of nitrogens with zero attached hydrogens (tertiary/aromatic N) is 2. The van der Waals surface area contributed by atoms with E-state index >= 15 is 0 Å². The average Bonchev–Trinajstić information content (AvgIpc) is 2.41. The number of ether oxygens (including phenoxy) is 3. The van der Waals surface area contributed by atoms with Gasteiger partial charge in [-0.3, -0.25) is 0 Å². The van der Waals surface area contributed by atoms with Crippen molar-refractivity contribution in [2.24, 2.45) is 0 Å². The molecule has 0 atom stereocenters. The summed E-state index contributed by atoms with van der Waals surface area (Å²) in [7, 11) is 1.66. The van der Waals surface area contributed by atoms with Crippen LogP contribution in [0, 0.1) is 6.92 Å². The van der Waals surface area contributed by atoms with Crippen LogP contribution in [0.25, 0.3) is 0 Å². The molecule has 0 unspecified atom stereocenters. The van der Waals surface area contributed by atoms with E-state index in [1.807, 2.05) is 6.92 Å². The quantitative estimate of drug-likeness (QED) is 0.719. The van der Waals surface area contributed by atoms with E-state index in [2.05, 4.69) is 51.5 Å². The van der Waals surface area contributed by atoms with E-state index in [1.54, 1.807) is 7.11 Å². The maximum atomic E-state index is 6.07. The van der Waals surface area contributed by atoms with Gasteiger partial charge < -0.3 is 14.2 Å². The fourth-order valence-corrected chi connectivity index (χ4v) is 2.16. The minimum Gasteiger partial charge on any atom is -0.487 e. The van der Waals surface area contributed by atoms with Gasteiger partial charge in [-0.1, -0.05) is 41.5 Å². The molecule has 0 saturated carbocycles. The summed E-state index contributed by atoms with van der Waals surface area (Å²) in [6.07, 6.45) is 0. The van der Waals surface area contributed by atoms with Crippen LogP contribution in [0.1, 0.15) is 58.8 Å². The van der Waals surface area contributed by atoms with Crippen LogP contribution in [0.2, 0.25) is 0 Å². The van der Waals surface area contributed by atoms with Gasteiger partial charge in [-0.05, 0) is 6.92 Å². The molecule has 1 aromatic heterocycles. The molecule has 0 radical (unpaired) electrons. The second kappa shape index (κ2) is 8.06. The lowest BCUT2D eigenvalue weighted by Gasteiger charge is -2.28. The lowest BCUT2D eigenvalue weighted by molar-refractivity contribution is 0.0536. The molecule has 0 aliphatic rings. The number of methoxy groups -OCH3 is 1. The highest BCUT2D eigenvalue weighted by atomic mass is 16.5. The monoisotopic (exact) mass is 324 g/mol. The van der Waals surface area contributed by atoms with E-state index < -0.39 is 0 Å². The third-order valence-electron chi connectivity index (χ3n) is 3.30. The van der Waals surface area contributed by atoms with Crippen LogP contribution in [0.5, 0.6) is 5.75 Å². The molecule has 0 saturated heterocycles. The van der Waals surface area contributed by atoms with Gasteiger partial charge >= 0.3 is 0 Å². The van der Waals surface area contributed by atoms with Crippen LogP contribution in [0.3, 0.4) is 0 Å². The summed E-state index contributed by atoms with van der Waals surface area (Å²) in [5.74, 6) is 1.58. The van der Waals surface area contributed by atoms with Crippen molar-refractivity contribution in [2.75, 3.05) is 33.5 Å². The van der Waals surface area contributed by atoms with Crippen molar-refractivity contribution in [3.8, 4) is 5.75 Å². The smallest absolute Gasteiger partial charge is 0.163 e. The van der Waals surface area contributed by atoms with Crippen LogP contribution in [0.4, 0.5) is 0 Å². The molecular weight excluding hydrogens is 292 g/mol. The summed E-state index contributed by atoms with van der Waals surface area (Å²) in [5.41, 5.74) is 1.68. The third kappa shape index (κ3) is 6.07. The zero-order valence-electron chi connectivity index (χ0n) is 15.9. The highest BCUT2D eigenvalue weighted by Crippen LogP contribution is 2.37. The van der Waals surface area contributed by atoms with Crippen molar-refractivity contribution in [3.63, 3.8) is 0 Å². The molecule has 0 aromatic carbocycles. The SMILES string of the molecule is COCCOCCOc1c(C(C)(C)C)nc(C)nc1C(C)(C)C. The summed E-state index contributed by atoms with van der Waals surface area (Å²) in [6.45, 7) is 16.9. The number of hydrogen-bond donors (Lipinski definition) is 0. The first-order chi connectivity index (χ1) is 10.6. The molecule has 0 aliphatic heterocycles. The predicted octanol–water partition coefficient (Wildman–Crippen LogP) is 3.42. The third-order valence-corrected chi connectivity index (χ3v) is 3.30. The standard InChI is InChI=1S/C18H32N2O3/c1-13-19-15(17(2,3)4)14(16(20-13)18(5,6)7)23-12-11-22-10-9-21-8/h9-12H2,1-8H3. The Morgan fingerprint density at radius 3 is 1.70 bits per heavy atom. The van der Waals surface area contributed by atoms with Gasteiger partial charge in [0.1, 0.15) is 12.4 Å². The molecule has 0 aliphatic carbocycles. The Kier molecular flexibility index (Phi) is 6.96. The Morgan fingerprint density at radius 1 is 0.783 bits per heavy atom. The second-order valence-electron chi connectivity index (χ2n) is 7.75. The maximum absolute atomic E-state index is 6.07. The number of aryl methyl sites for hydroxylation is 1. The molecule has 23 heavy (non-hydrogen) atoms. The fourth-order valence-electron chi connectivity index (χ4n) is 2.16. The first-order valence-electron chi connectivity index (χ1n) is 8.16. The summed E-state index contributed by atoms with van der Waals surface area (Å²) in [5, 5.41) is 0. The van der Waals surface area contributed by atoms with Gasteiger partial charge in [-0.15, -0.1) is 0 Å². The summed E-state index contributed by atoms with van der Waals surface area (Å²) >= 11 is 0. The lowest BCUT2D eigenvalue weighted by Crippen LogP contribution is -2.24. The second-order valence-corrected chi connectivity index (χ2v) is 7.75. The molecule has 5 nitrogen and oxygen atoms in total. The molecule has 5 heteroatoms. The van der Waals surface area contributed by atoms with E-state index in [0.29, 0.717) is 26.4 Å². The Morgan fingerprint density at radius 2 is 1.26 bits per heavy atom. The zero-order valence-corrected chi connectivity index (χ0v) is 15.9. The highest BCUT2D eigenvalue weighted by Gasteiger charge is 2.30. The van der Waals surface area contributed by atoms with Crippen molar-refractivity contribution in [3.05, 3.63) is 17.2 Å². The predicted molar refractivity (Wildman–Crippen MR) is 92.4 cm³/mol. The number of rotatable bonds is 7. The lowest BCUT2D eigenvalue weighted by atomic mass is 9.85. The first kappa shape index (κ1) is 19.8. The van der Waals surface area contributed by atoms with Gasteiger partial charge in [0, 0.05) is 17.9 Å². The van der Waals surface area contributed by atoms with Crippen LogP contribution >= 0.6 is 0 Å². The number of hydrogen-bond acceptors (Lipinski definition) is 5. The van der Waals surface area contributed by atoms with Gasteiger partial charge in [-0.2, -0.15) is 0 Å². The van der Waals surface area contributed by atoms with Crippen molar-refractivity contribution in [1.29, 1.82) is 0 Å². The van der Waals surface area contributed by atoms with E-state index in [-0.39, 0.29) is 10.8 Å². The molecule has 0 spiro atoms. The van der Waals surface area contributed by atoms with Crippen molar-refractivity contribution in [2.45, 2.75) is 59.3 Å². The largest absolute Gasteiger partial charge is 0.487 e. The fraction of sp³-hybridized carbons (Fsp3) is 0.778. The molecule has 0 bridgehead atoms. The van der Waals surface area contributed by atoms with Gasteiger partial charge in [0.05, 0.1) is 31.2 Å². The molecule has 0 amide bonds. The normalized spacial score (nSPS) is 12.5. The summed E-state index contributed by atoms with van der Waals surface area (Å²) in [4.78, 5) is 9.30. The highest BCUT2D eigenvalue weighted by molar-refractivity contribution is 5.40. The minimum atomic E-state index is -0.111.